The van der Waals surface area contributed by atoms with Crippen molar-refractivity contribution < 1.29 is 4.79 Å². The van der Waals surface area contributed by atoms with Gasteiger partial charge < -0.3 is 14.8 Å². The van der Waals surface area contributed by atoms with Crippen molar-refractivity contribution in [3.05, 3.63) is 83.4 Å². The lowest BCUT2D eigenvalue weighted by Gasteiger charge is -2.24. The van der Waals surface area contributed by atoms with Gasteiger partial charge in [0.1, 0.15) is 0 Å². The van der Waals surface area contributed by atoms with E-state index in [1.165, 1.54) is 5.56 Å². The summed E-state index contributed by atoms with van der Waals surface area (Å²) in [6.07, 6.45) is 6.33. The maximum absolute atomic E-state index is 12.9. The highest BCUT2D eigenvalue weighted by Crippen LogP contribution is 2.16. The molecule has 0 aliphatic rings. The Labute approximate surface area is 164 Å². The summed E-state index contributed by atoms with van der Waals surface area (Å²) in [6.45, 7) is 4.09. The summed E-state index contributed by atoms with van der Waals surface area (Å²) in [4.78, 5) is 18.8. The Morgan fingerprint density at radius 2 is 1.96 bits per heavy atom. The van der Waals surface area contributed by atoms with Crippen molar-refractivity contribution in [2.75, 3.05) is 11.9 Å². The van der Waals surface area contributed by atoms with Crippen LogP contribution in [0, 0.1) is 6.92 Å². The van der Waals surface area contributed by atoms with Gasteiger partial charge in [-0.25, -0.2) is 9.78 Å². The molecule has 2 amide bonds. The minimum atomic E-state index is -0.119. The van der Waals surface area contributed by atoms with Crippen LogP contribution in [0.5, 0.6) is 0 Å². The molecule has 6 heteroatoms. The number of rotatable bonds is 7. The van der Waals surface area contributed by atoms with E-state index in [0.717, 1.165) is 24.2 Å². The topological polar surface area (TPSA) is 50.2 Å². The molecule has 0 unspecified atom stereocenters. The molecule has 0 aliphatic carbocycles. The SMILES string of the molecule is Cc1ccccc1CN(CCCn1ccnc1)C(=O)Nc1ccc(Cl)cc1. The van der Waals surface area contributed by atoms with Crippen molar-refractivity contribution >= 4 is 23.3 Å². The number of imidazole rings is 1. The lowest BCUT2D eigenvalue weighted by atomic mass is 10.1. The van der Waals surface area contributed by atoms with E-state index in [9.17, 15) is 4.79 Å². The second-order valence-electron chi connectivity index (χ2n) is 6.44. The fourth-order valence-electron chi connectivity index (χ4n) is 2.84. The summed E-state index contributed by atoms with van der Waals surface area (Å²) in [5, 5.41) is 3.61. The van der Waals surface area contributed by atoms with E-state index in [1.54, 1.807) is 36.8 Å². The van der Waals surface area contributed by atoms with Gasteiger partial charge in [0.15, 0.2) is 0 Å². The predicted octanol–water partition coefficient (Wildman–Crippen LogP) is 4.97. The first-order valence-corrected chi connectivity index (χ1v) is 9.31. The van der Waals surface area contributed by atoms with Crippen LogP contribution in [0.25, 0.3) is 0 Å². The molecule has 1 heterocycles. The van der Waals surface area contributed by atoms with Crippen LogP contribution in [0.4, 0.5) is 10.5 Å². The zero-order chi connectivity index (χ0) is 19.1. The third-order valence-electron chi connectivity index (χ3n) is 4.41. The highest BCUT2D eigenvalue weighted by molar-refractivity contribution is 6.30. The monoisotopic (exact) mass is 382 g/mol. The molecule has 0 saturated heterocycles. The fourth-order valence-corrected chi connectivity index (χ4v) is 2.97. The number of halogens is 1. The average Bonchev–Trinajstić information content (AvgIpc) is 3.18. The Balaban J connectivity index is 1.68. The molecule has 27 heavy (non-hydrogen) atoms. The lowest BCUT2D eigenvalue weighted by molar-refractivity contribution is 0.207. The van der Waals surface area contributed by atoms with Gasteiger partial charge in [0.05, 0.1) is 6.33 Å². The van der Waals surface area contributed by atoms with Gasteiger partial charge in [-0.1, -0.05) is 35.9 Å². The minimum absolute atomic E-state index is 0.119. The lowest BCUT2D eigenvalue weighted by Crippen LogP contribution is -2.35. The molecule has 0 bridgehead atoms. The first-order valence-electron chi connectivity index (χ1n) is 8.93. The molecule has 1 N–H and O–H groups in total. The maximum atomic E-state index is 12.9. The van der Waals surface area contributed by atoms with Crippen LogP contribution in [0.15, 0.2) is 67.3 Å². The van der Waals surface area contributed by atoms with Crippen LogP contribution in [0.1, 0.15) is 17.5 Å². The van der Waals surface area contributed by atoms with Crippen LogP contribution in [0.3, 0.4) is 0 Å². The first kappa shape index (κ1) is 19.0. The molecule has 3 aromatic rings. The zero-order valence-corrected chi connectivity index (χ0v) is 16.1. The van der Waals surface area contributed by atoms with Gasteiger partial charge in [-0.15, -0.1) is 0 Å². The van der Waals surface area contributed by atoms with Gasteiger partial charge in [0.2, 0.25) is 0 Å². The van der Waals surface area contributed by atoms with E-state index in [1.807, 2.05) is 27.8 Å². The second kappa shape index (κ2) is 9.24. The molecule has 0 atom stereocenters. The van der Waals surface area contributed by atoms with Crippen LogP contribution < -0.4 is 5.32 Å². The molecule has 0 radical (unpaired) electrons. The number of nitrogens with one attached hydrogen (secondary N) is 1. The van der Waals surface area contributed by atoms with Crippen molar-refractivity contribution in [3.63, 3.8) is 0 Å². The number of benzene rings is 2. The van der Waals surface area contributed by atoms with Gasteiger partial charge in [0, 0.05) is 42.7 Å². The van der Waals surface area contributed by atoms with Crippen LogP contribution >= 0.6 is 11.6 Å². The molecular weight excluding hydrogens is 360 g/mol. The smallest absolute Gasteiger partial charge is 0.322 e. The van der Waals surface area contributed by atoms with Crippen molar-refractivity contribution in [3.8, 4) is 0 Å². The number of anilines is 1. The van der Waals surface area contributed by atoms with E-state index >= 15 is 0 Å². The summed E-state index contributed by atoms with van der Waals surface area (Å²) in [5.74, 6) is 0. The van der Waals surface area contributed by atoms with Crippen molar-refractivity contribution in [1.82, 2.24) is 14.5 Å². The summed E-state index contributed by atoms with van der Waals surface area (Å²) in [5.41, 5.74) is 3.05. The highest BCUT2D eigenvalue weighted by atomic mass is 35.5. The summed E-state index contributed by atoms with van der Waals surface area (Å²) < 4.78 is 2.02. The van der Waals surface area contributed by atoms with Crippen LogP contribution in [-0.4, -0.2) is 27.0 Å². The molecule has 5 nitrogen and oxygen atoms in total. The number of nitrogens with zero attached hydrogens (tertiary/aromatic N) is 3. The molecule has 140 valence electrons. The molecule has 1 aromatic heterocycles. The summed E-state index contributed by atoms with van der Waals surface area (Å²) in [6, 6.07) is 15.2. The van der Waals surface area contributed by atoms with Gasteiger partial charge >= 0.3 is 6.03 Å². The molecule has 0 aliphatic heterocycles. The number of amides is 2. The standard InChI is InChI=1S/C21H23ClN4O/c1-17-5-2-3-6-18(17)15-26(13-4-12-25-14-11-23-16-25)21(27)24-20-9-7-19(22)8-10-20/h2-3,5-11,14,16H,4,12-13,15H2,1H3,(H,24,27). The minimum Gasteiger partial charge on any atom is -0.337 e. The van der Waals surface area contributed by atoms with E-state index in [-0.39, 0.29) is 6.03 Å². The quantitative estimate of drug-likeness (QED) is 0.627. The number of aromatic nitrogens is 2. The Morgan fingerprint density at radius 3 is 2.67 bits per heavy atom. The molecular formula is C21H23ClN4O. The average molecular weight is 383 g/mol. The molecule has 0 spiro atoms. The molecule has 3 rings (SSSR count). The third kappa shape index (κ3) is 5.59. The van der Waals surface area contributed by atoms with Crippen molar-refractivity contribution in [2.24, 2.45) is 0 Å². The van der Waals surface area contributed by atoms with Gasteiger partial charge in [-0.05, 0) is 48.7 Å². The van der Waals surface area contributed by atoms with Crippen molar-refractivity contribution in [1.29, 1.82) is 0 Å². The Bertz CT molecular complexity index is 862. The maximum Gasteiger partial charge on any atom is 0.322 e. The largest absolute Gasteiger partial charge is 0.337 e. The summed E-state index contributed by atoms with van der Waals surface area (Å²) in [7, 11) is 0. The fraction of sp³-hybridized carbons (Fsp3) is 0.238. The van der Waals surface area contributed by atoms with E-state index < -0.39 is 0 Å². The van der Waals surface area contributed by atoms with Gasteiger partial charge in [-0.3, -0.25) is 0 Å². The van der Waals surface area contributed by atoms with E-state index in [0.29, 0.717) is 18.1 Å². The molecule has 2 aromatic carbocycles. The van der Waals surface area contributed by atoms with Crippen LogP contribution in [-0.2, 0) is 13.1 Å². The van der Waals surface area contributed by atoms with Crippen molar-refractivity contribution in [2.45, 2.75) is 26.4 Å². The zero-order valence-electron chi connectivity index (χ0n) is 15.3. The first-order chi connectivity index (χ1) is 13.1. The Hall–Kier alpha value is -2.79. The number of carbonyl (C=O) groups excluding carboxylic acids is 1. The number of aryl methyl sites for hydroxylation is 2. The van der Waals surface area contributed by atoms with E-state index in [2.05, 4.69) is 29.4 Å². The number of hydrogen-bond acceptors (Lipinski definition) is 2. The van der Waals surface area contributed by atoms with Gasteiger partial charge in [0.25, 0.3) is 0 Å². The predicted molar refractivity (Wildman–Crippen MR) is 109 cm³/mol. The second-order valence-corrected chi connectivity index (χ2v) is 6.88. The Morgan fingerprint density at radius 1 is 1.19 bits per heavy atom. The number of carbonyl (C=O) groups is 1. The summed E-state index contributed by atoms with van der Waals surface area (Å²) >= 11 is 5.92. The normalized spacial score (nSPS) is 10.6. The number of urea groups is 1. The third-order valence-corrected chi connectivity index (χ3v) is 4.66. The van der Waals surface area contributed by atoms with Gasteiger partial charge in [-0.2, -0.15) is 0 Å². The molecule has 0 saturated carbocycles. The molecule has 0 fully saturated rings. The Kier molecular flexibility index (Phi) is 6.49. The number of hydrogen-bond donors (Lipinski definition) is 1. The van der Waals surface area contributed by atoms with E-state index in [4.69, 9.17) is 11.6 Å². The highest BCUT2D eigenvalue weighted by Gasteiger charge is 2.15. The van der Waals surface area contributed by atoms with Crippen LogP contribution in [0.2, 0.25) is 5.02 Å².